The monoisotopic (exact) mass is 892 g/mol. The van der Waals surface area contributed by atoms with Crippen LogP contribution in [0.1, 0.15) is 109 Å². The summed E-state index contributed by atoms with van der Waals surface area (Å²) in [5.74, 6) is -2.17. The van der Waals surface area contributed by atoms with Crippen LogP contribution in [0, 0.1) is 17.3 Å². The molecule has 3 aromatic rings. The number of rotatable bonds is 17. The van der Waals surface area contributed by atoms with Gasteiger partial charge in [0.15, 0.2) is 5.78 Å². The molecule has 3 aliphatic rings. The lowest BCUT2D eigenvalue weighted by Gasteiger charge is -2.39. The van der Waals surface area contributed by atoms with Crippen molar-refractivity contribution in [3.8, 4) is 11.5 Å². The molecule has 1 aliphatic heterocycles. The lowest BCUT2D eigenvalue weighted by molar-refractivity contribution is -0.146. The number of hydrogen-bond donors (Lipinski definition) is 3. The van der Waals surface area contributed by atoms with Crippen molar-refractivity contribution >= 4 is 54.7 Å². The highest BCUT2D eigenvalue weighted by Gasteiger charge is 2.53. The number of nitrogens with zero attached hydrogens (tertiary/aromatic N) is 3. The van der Waals surface area contributed by atoms with Crippen LogP contribution >= 0.6 is 31.1 Å². The largest absolute Gasteiger partial charge is 0.452 e. The van der Waals surface area contributed by atoms with Crippen LogP contribution in [0.25, 0.3) is 0 Å². The number of nitrogens with one attached hydrogen (secondary N) is 3. The summed E-state index contributed by atoms with van der Waals surface area (Å²) in [7, 11) is -4.17. The van der Waals surface area contributed by atoms with Crippen LogP contribution in [-0.4, -0.2) is 81.0 Å². The van der Waals surface area contributed by atoms with Gasteiger partial charge in [-0.3, -0.25) is 24.2 Å². The Balaban J connectivity index is 1.28. The van der Waals surface area contributed by atoms with E-state index in [-0.39, 0.29) is 35.9 Å². The molecule has 3 fully saturated rings. The van der Waals surface area contributed by atoms with E-state index >= 15 is 9.36 Å². The second kappa shape index (κ2) is 20.9. The number of amides is 4. The van der Waals surface area contributed by atoms with E-state index < -0.39 is 54.6 Å². The van der Waals surface area contributed by atoms with Gasteiger partial charge in [-0.1, -0.05) is 59.8 Å². The van der Waals surface area contributed by atoms with E-state index in [1.807, 2.05) is 64.5 Å². The van der Waals surface area contributed by atoms with Gasteiger partial charge in [-0.15, -0.1) is 23.5 Å². The summed E-state index contributed by atoms with van der Waals surface area (Å²) >= 11 is 3.14. The van der Waals surface area contributed by atoms with Crippen molar-refractivity contribution in [2.45, 2.75) is 138 Å². The van der Waals surface area contributed by atoms with Crippen LogP contribution in [0.3, 0.4) is 0 Å². The molecule has 6 rings (SSSR count). The lowest BCUT2D eigenvalue weighted by atomic mass is 9.82. The minimum Gasteiger partial charge on any atom is -0.415 e. The Kier molecular flexibility index (Phi) is 15.9. The van der Waals surface area contributed by atoms with Gasteiger partial charge in [-0.05, 0) is 117 Å². The number of fused-ring (bicyclic) bond motifs is 1. The third-order valence-corrected chi connectivity index (χ3v) is 15.7. The summed E-state index contributed by atoms with van der Waals surface area (Å²) in [6, 6.07) is 11.4. The third-order valence-electron chi connectivity index (χ3n) is 12.1. The molecular formula is C45H61N6O7PS2. The Labute approximate surface area is 369 Å². The van der Waals surface area contributed by atoms with Gasteiger partial charge in [0.25, 0.3) is 5.91 Å². The molecule has 2 heterocycles. The van der Waals surface area contributed by atoms with Crippen molar-refractivity contribution in [2.75, 3.05) is 12.5 Å². The first-order valence-electron chi connectivity index (χ1n) is 21.5. The number of carbonyl (C=O) groups is 4. The van der Waals surface area contributed by atoms with Gasteiger partial charge in [0.05, 0.1) is 6.20 Å². The Morgan fingerprint density at radius 3 is 2.00 bits per heavy atom. The molecule has 0 spiro atoms. The molecule has 4 amide bonds. The van der Waals surface area contributed by atoms with Gasteiger partial charge in [-0.2, -0.15) is 0 Å². The van der Waals surface area contributed by atoms with Crippen LogP contribution in [-0.2, 0) is 18.9 Å². The fourth-order valence-electron chi connectivity index (χ4n) is 8.92. The van der Waals surface area contributed by atoms with Gasteiger partial charge in [0.2, 0.25) is 17.7 Å². The van der Waals surface area contributed by atoms with Gasteiger partial charge in [0.1, 0.15) is 35.3 Å². The highest BCUT2D eigenvalue weighted by molar-refractivity contribution is 7.98. The fourth-order valence-corrected chi connectivity index (χ4v) is 11.7. The van der Waals surface area contributed by atoms with Crippen molar-refractivity contribution < 1.29 is 32.8 Å². The van der Waals surface area contributed by atoms with Crippen LogP contribution in [0.4, 0.5) is 0 Å². The zero-order valence-corrected chi connectivity index (χ0v) is 38.7. The minimum atomic E-state index is -4.17. The molecule has 0 radical (unpaired) electrons. The first-order valence-corrected chi connectivity index (χ1v) is 25.6. The molecule has 13 nitrogen and oxygen atoms in total. The normalized spacial score (nSPS) is 20.8. The van der Waals surface area contributed by atoms with Crippen LogP contribution in [0.15, 0.2) is 76.9 Å². The lowest BCUT2D eigenvalue weighted by Crippen LogP contribution is -2.62. The number of thioether (sulfide) groups is 2. The third kappa shape index (κ3) is 11.5. The number of aromatic nitrogens is 2. The SMILES string of the molecule is CCC[C@H](NC(=O)[C@@H]1C[C@@H]2CCC[C@@H]2N1C(=O)[C@@H](NC(=O)[C@@H](NC(=O)c1cnccn1)C1CCCCC1)C(C)(C)C)P(=O)(Oc1ccc(SC)cc1)Oc1ccc(SC)cc1. The molecule has 2 aromatic carbocycles. The predicted octanol–water partition coefficient (Wildman–Crippen LogP) is 8.49. The molecule has 2 aliphatic carbocycles. The predicted molar refractivity (Wildman–Crippen MR) is 240 cm³/mol. The Morgan fingerprint density at radius 1 is 0.836 bits per heavy atom. The second-order valence-electron chi connectivity index (χ2n) is 17.4. The highest BCUT2D eigenvalue weighted by atomic mass is 32.2. The zero-order chi connectivity index (χ0) is 43.7. The van der Waals surface area contributed by atoms with Crippen molar-refractivity contribution in [1.82, 2.24) is 30.8 Å². The number of likely N-dealkylation sites (tertiary alicyclic amines) is 1. The average Bonchev–Trinajstić information content (AvgIpc) is 3.87. The van der Waals surface area contributed by atoms with E-state index in [0.29, 0.717) is 24.3 Å². The van der Waals surface area contributed by atoms with E-state index in [1.165, 1.54) is 18.6 Å². The molecule has 2 saturated carbocycles. The number of carbonyl (C=O) groups excluding carboxylic acids is 4. The van der Waals surface area contributed by atoms with Crippen LogP contribution in [0.2, 0.25) is 0 Å². The molecule has 1 saturated heterocycles. The van der Waals surface area contributed by atoms with Gasteiger partial charge in [0, 0.05) is 28.2 Å². The Morgan fingerprint density at radius 2 is 1.46 bits per heavy atom. The molecule has 0 bridgehead atoms. The first kappa shape index (κ1) is 46.4. The number of benzene rings is 2. The quantitative estimate of drug-likeness (QED) is 0.0878. The second-order valence-corrected chi connectivity index (χ2v) is 21.2. The van der Waals surface area contributed by atoms with Crippen molar-refractivity contribution in [3.63, 3.8) is 0 Å². The van der Waals surface area contributed by atoms with E-state index in [4.69, 9.17) is 9.05 Å². The van der Waals surface area contributed by atoms with Crippen molar-refractivity contribution in [2.24, 2.45) is 17.3 Å². The minimum absolute atomic E-state index is 0.0890. The molecule has 330 valence electrons. The topological polar surface area (TPSA) is 169 Å². The molecule has 3 N–H and O–H groups in total. The van der Waals surface area contributed by atoms with Crippen molar-refractivity contribution in [1.29, 1.82) is 0 Å². The molecular weight excluding hydrogens is 832 g/mol. The standard InChI is InChI=1S/C45H61N6O7PS2/c1-7-12-38(59(56,57-31-17-21-33(60-5)22-18-31)58-32-19-23-34(61-6)24-20-32)48-42(53)37-27-30-15-11-16-36(30)51(37)44(55)40(45(2,3)4)50-43(54)39(29-13-9-8-10-14-29)49-41(52)35-28-46-25-26-47-35/h17-26,28-30,36-40H,7-16,27H2,1-6H3,(H,48,53)(H,49,52)(H,50,54)/t30-,36-,37-,38+,39-,40+/m0/s1. The van der Waals surface area contributed by atoms with Crippen LogP contribution in [0.5, 0.6) is 11.5 Å². The van der Waals surface area contributed by atoms with E-state index in [0.717, 1.165) is 61.2 Å². The zero-order valence-electron chi connectivity index (χ0n) is 36.1. The maximum Gasteiger partial charge on any atom is 0.452 e. The highest BCUT2D eigenvalue weighted by Crippen LogP contribution is 2.54. The maximum atomic E-state index is 15.2. The first-order chi connectivity index (χ1) is 29.2. The summed E-state index contributed by atoms with van der Waals surface area (Å²) in [5.41, 5.74) is -0.669. The van der Waals surface area contributed by atoms with Gasteiger partial charge < -0.3 is 29.9 Å². The summed E-state index contributed by atoms with van der Waals surface area (Å²) in [4.78, 5) is 69.6. The molecule has 16 heteroatoms. The molecule has 1 aromatic heterocycles. The Hall–Kier alpha value is -4.07. The van der Waals surface area contributed by atoms with E-state index in [1.54, 1.807) is 52.7 Å². The van der Waals surface area contributed by atoms with Gasteiger partial charge in [-0.25, -0.2) is 9.55 Å². The summed E-state index contributed by atoms with van der Waals surface area (Å²) in [6.07, 6.45) is 16.4. The maximum absolute atomic E-state index is 15.2. The molecule has 0 unspecified atom stereocenters. The van der Waals surface area contributed by atoms with E-state index in [2.05, 4.69) is 25.9 Å². The summed E-state index contributed by atoms with van der Waals surface area (Å²) < 4.78 is 27.8. The molecule has 61 heavy (non-hydrogen) atoms. The summed E-state index contributed by atoms with van der Waals surface area (Å²) in [5, 5.41) is 9.09. The fraction of sp³-hybridized carbons (Fsp3) is 0.556. The van der Waals surface area contributed by atoms with Crippen LogP contribution < -0.4 is 25.0 Å². The van der Waals surface area contributed by atoms with Crippen molar-refractivity contribution in [3.05, 3.63) is 72.8 Å². The number of hydrogen-bond acceptors (Lipinski definition) is 11. The summed E-state index contributed by atoms with van der Waals surface area (Å²) in [6.45, 7) is 7.61. The Bertz CT molecular complexity index is 1960. The molecule has 6 atom stereocenters. The van der Waals surface area contributed by atoms with E-state index in [9.17, 15) is 14.4 Å². The smallest absolute Gasteiger partial charge is 0.415 e. The van der Waals surface area contributed by atoms with Gasteiger partial charge >= 0.3 is 7.60 Å². The average molecular weight is 893 g/mol.